The highest BCUT2D eigenvalue weighted by molar-refractivity contribution is 14.1. The smallest absolute Gasteiger partial charge is 0.404 e. The average molecular weight is 612 g/mol. The highest BCUT2D eigenvalue weighted by Crippen LogP contribution is 2.30. The number of benzene rings is 2. The van der Waals surface area contributed by atoms with Crippen LogP contribution in [0.5, 0.6) is 0 Å². The fraction of sp³-hybridized carbons (Fsp3) is 0.364. The first-order valence-electron chi connectivity index (χ1n) is 10.3. The molecule has 11 heteroatoms. The van der Waals surface area contributed by atoms with Crippen LogP contribution in [0, 0.1) is 15.2 Å². The van der Waals surface area contributed by atoms with Crippen molar-refractivity contribution in [1.82, 2.24) is 10.2 Å². The molecule has 2 N–H and O–H groups in total. The van der Waals surface area contributed by atoms with Gasteiger partial charge in [-0.3, -0.25) is 4.90 Å². The van der Waals surface area contributed by atoms with Crippen LogP contribution in [-0.2, 0) is 0 Å². The lowest BCUT2D eigenvalue weighted by Gasteiger charge is -2.34. The van der Waals surface area contributed by atoms with Crippen molar-refractivity contribution in [3.05, 3.63) is 61.6 Å². The number of rotatable bonds is 3. The molecule has 1 aliphatic carbocycles. The Labute approximate surface area is 214 Å². The molecule has 2 fully saturated rings. The van der Waals surface area contributed by atoms with Crippen LogP contribution in [0.1, 0.15) is 25.7 Å². The van der Waals surface area contributed by atoms with E-state index in [0.717, 1.165) is 29.3 Å². The van der Waals surface area contributed by atoms with Crippen molar-refractivity contribution in [2.24, 2.45) is 0 Å². The maximum Gasteiger partial charge on any atom is 0.404 e. The highest BCUT2D eigenvalue weighted by atomic mass is 127. The van der Waals surface area contributed by atoms with E-state index in [-0.39, 0.29) is 34.0 Å². The van der Waals surface area contributed by atoms with Crippen LogP contribution < -0.4 is 10.2 Å². The number of carbonyl (C=O) groups excluding carboxylic acids is 1. The summed E-state index contributed by atoms with van der Waals surface area (Å²) in [6.07, 6.45) is 1.96. The molecule has 0 atom stereocenters. The van der Waals surface area contributed by atoms with Gasteiger partial charge in [-0.25, -0.2) is 18.4 Å². The van der Waals surface area contributed by atoms with Crippen molar-refractivity contribution in [1.29, 1.82) is 0 Å². The Morgan fingerprint density at radius 1 is 1.00 bits per heavy atom. The summed E-state index contributed by atoms with van der Waals surface area (Å²) >= 11 is 13.1. The van der Waals surface area contributed by atoms with Crippen molar-refractivity contribution < 1.29 is 23.5 Å². The molecular weight excluding hydrogens is 590 g/mol. The molecule has 4 rings (SSSR count). The van der Waals surface area contributed by atoms with Crippen LogP contribution in [0.3, 0.4) is 0 Å². The van der Waals surface area contributed by atoms with Crippen molar-refractivity contribution in [3.63, 3.8) is 0 Å². The van der Waals surface area contributed by atoms with E-state index in [2.05, 4.69) is 5.32 Å². The van der Waals surface area contributed by atoms with Gasteiger partial charge in [0.15, 0.2) is 0 Å². The van der Waals surface area contributed by atoms with E-state index in [4.69, 9.17) is 28.3 Å². The second kappa shape index (κ2) is 11.5. The van der Waals surface area contributed by atoms with E-state index in [1.165, 1.54) is 18.2 Å². The van der Waals surface area contributed by atoms with Gasteiger partial charge in [-0.05, 0) is 84.7 Å². The number of hydrogen-bond donors (Lipinski definition) is 2. The van der Waals surface area contributed by atoms with Gasteiger partial charge in [0.05, 0.1) is 10.0 Å². The summed E-state index contributed by atoms with van der Waals surface area (Å²) in [6.45, 7) is 1.10. The third kappa shape index (κ3) is 6.83. The Bertz CT molecular complexity index is 1020. The van der Waals surface area contributed by atoms with Crippen molar-refractivity contribution in [3.8, 4) is 0 Å². The van der Waals surface area contributed by atoms with Gasteiger partial charge in [0.25, 0.3) is 0 Å². The molecular formula is C22H22Cl2F2IN3O3. The number of urea groups is 1. The summed E-state index contributed by atoms with van der Waals surface area (Å²) in [5.74, 6) is -0.899. The van der Waals surface area contributed by atoms with Crippen molar-refractivity contribution in [2.75, 3.05) is 18.0 Å². The number of anilines is 1. The first-order chi connectivity index (χ1) is 15.7. The lowest BCUT2D eigenvalue weighted by molar-refractivity contribution is 0.162. The van der Waals surface area contributed by atoms with Gasteiger partial charge in [0, 0.05) is 34.4 Å². The van der Waals surface area contributed by atoms with Gasteiger partial charge in [-0.15, -0.1) is 0 Å². The van der Waals surface area contributed by atoms with E-state index in [1.807, 2.05) is 27.5 Å². The van der Waals surface area contributed by atoms with E-state index in [1.54, 1.807) is 23.1 Å². The first-order valence-corrected chi connectivity index (χ1v) is 12.1. The molecule has 6 nitrogen and oxygen atoms in total. The van der Waals surface area contributed by atoms with Crippen molar-refractivity contribution >= 4 is 63.6 Å². The number of halogens is 5. The molecule has 1 aliphatic heterocycles. The molecule has 33 heavy (non-hydrogen) atoms. The van der Waals surface area contributed by atoms with Crippen LogP contribution in [0.15, 0.2) is 36.4 Å². The summed E-state index contributed by atoms with van der Waals surface area (Å²) in [5, 5.41) is 11.5. The number of carboxylic acid groups (broad SMARTS) is 1. The average Bonchev–Trinajstić information content (AvgIpc) is 3.15. The molecule has 1 heterocycles. The Balaban J connectivity index is 0.000000286. The van der Waals surface area contributed by atoms with Crippen LogP contribution >= 0.6 is 45.8 Å². The minimum atomic E-state index is -1.01. The topological polar surface area (TPSA) is 72.9 Å². The standard InChI is InChI=1S/C16H19ClFN3O3.C6H3ClFI/c17-13-6-5-12(9-14(13)18)21-8-7-20(16(21)24)11-3-1-10(2-4-11)19-15(22)23;7-5-2-1-4(9)3-6(5)8/h5-6,9-11,19H,1-4,7-8H2,(H,22,23);1-3H/t10-,11-;. The Kier molecular flexibility index (Phi) is 9.00. The van der Waals surface area contributed by atoms with Crippen LogP contribution in [0.2, 0.25) is 10.0 Å². The summed E-state index contributed by atoms with van der Waals surface area (Å²) in [5.41, 5.74) is 0.505. The predicted octanol–water partition coefficient (Wildman–Crippen LogP) is 6.38. The van der Waals surface area contributed by atoms with Gasteiger partial charge < -0.3 is 15.3 Å². The molecule has 1 saturated heterocycles. The lowest BCUT2D eigenvalue weighted by atomic mass is 9.90. The Hall–Kier alpha value is -1.85. The molecule has 178 valence electrons. The normalized spacial score (nSPS) is 20.3. The van der Waals surface area contributed by atoms with Crippen molar-refractivity contribution in [2.45, 2.75) is 37.8 Å². The minimum Gasteiger partial charge on any atom is -0.465 e. The molecule has 0 unspecified atom stereocenters. The molecule has 0 aromatic heterocycles. The summed E-state index contributed by atoms with van der Waals surface area (Å²) in [4.78, 5) is 26.7. The molecule has 3 amide bonds. The second-order valence-corrected chi connectivity index (χ2v) is 9.80. The monoisotopic (exact) mass is 611 g/mol. The molecule has 1 saturated carbocycles. The second-order valence-electron chi connectivity index (χ2n) is 7.74. The molecule has 2 aromatic carbocycles. The summed E-state index contributed by atoms with van der Waals surface area (Å²) in [6, 6.07) is 8.98. The quantitative estimate of drug-likeness (QED) is 0.312. The zero-order valence-electron chi connectivity index (χ0n) is 17.4. The van der Waals surface area contributed by atoms with Gasteiger partial charge in [-0.2, -0.15) is 0 Å². The number of carbonyl (C=O) groups is 2. The molecule has 2 aliphatic rings. The maximum atomic E-state index is 13.6. The fourth-order valence-electron chi connectivity index (χ4n) is 3.96. The molecule has 0 radical (unpaired) electrons. The number of nitrogens with one attached hydrogen (secondary N) is 1. The van der Waals surface area contributed by atoms with Gasteiger partial charge in [0.1, 0.15) is 11.6 Å². The maximum absolute atomic E-state index is 13.6. The van der Waals surface area contributed by atoms with Gasteiger partial charge >= 0.3 is 12.1 Å². The van der Waals surface area contributed by atoms with E-state index in [9.17, 15) is 18.4 Å². The molecule has 0 bridgehead atoms. The first kappa shape index (κ1) is 25.8. The third-order valence-corrected chi connectivity index (χ3v) is 6.89. The summed E-state index contributed by atoms with van der Waals surface area (Å²) in [7, 11) is 0. The molecule has 2 aromatic rings. The minimum absolute atomic E-state index is 0.0338. The van der Waals surface area contributed by atoms with Crippen LogP contribution in [0.4, 0.5) is 24.1 Å². The SMILES string of the molecule is Fc1cc(I)ccc1Cl.O=C(O)N[C@H]1CC[C@H](N2CCN(c3ccc(Cl)c(F)c3)C2=O)CC1. The van der Waals surface area contributed by atoms with E-state index in [0.29, 0.717) is 18.8 Å². The number of nitrogens with zero attached hydrogens (tertiary/aromatic N) is 2. The fourth-order valence-corrected chi connectivity index (χ4v) is 4.65. The Morgan fingerprint density at radius 3 is 2.15 bits per heavy atom. The van der Waals surface area contributed by atoms with Crippen LogP contribution in [0.25, 0.3) is 0 Å². The third-order valence-electron chi connectivity index (χ3n) is 5.60. The predicted molar refractivity (Wildman–Crippen MR) is 132 cm³/mol. The van der Waals surface area contributed by atoms with Crippen LogP contribution in [-0.4, -0.2) is 47.3 Å². The zero-order chi connectivity index (χ0) is 24.1. The molecule has 0 spiro atoms. The number of hydrogen-bond acceptors (Lipinski definition) is 2. The van der Waals surface area contributed by atoms with E-state index < -0.39 is 11.9 Å². The highest BCUT2D eigenvalue weighted by Gasteiger charge is 2.36. The van der Waals surface area contributed by atoms with Gasteiger partial charge in [0.2, 0.25) is 0 Å². The van der Waals surface area contributed by atoms with E-state index >= 15 is 0 Å². The lowest BCUT2D eigenvalue weighted by Crippen LogP contribution is -2.45. The van der Waals surface area contributed by atoms with Gasteiger partial charge in [-0.1, -0.05) is 23.2 Å². The summed E-state index contributed by atoms with van der Waals surface area (Å²) < 4.78 is 26.9. The zero-order valence-corrected chi connectivity index (χ0v) is 21.1. The Morgan fingerprint density at radius 2 is 1.61 bits per heavy atom. The largest absolute Gasteiger partial charge is 0.465 e. The number of amides is 3.